The Morgan fingerprint density at radius 3 is 2.41 bits per heavy atom. The minimum atomic E-state index is 0.400. The van der Waals surface area contributed by atoms with Crippen LogP contribution in [0, 0.1) is 5.92 Å². The zero-order valence-corrected chi connectivity index (χ0v) is 16.8. The van der Waals surface area contributed by atoms with Crippen molar-refractivity contribution in [1.29, 1.82) is 0 Å². The first kappa shape index (κ1) is 19.8. The lowest BCUT2D eigenvalue weighted by Crippen LogP contribution is -2.46. The lowest BCUT2D eigenvalue weighted by atomic mass is 10.1. The molecule has 0 bridgehead atoms. The highest BCUT2D eigenvalue weighted by molar-refractivity contribution is 5.39. The molecule has 1 saturated heterocycles. The molecule has 0 N–H and O–H groups in total. The fourth-order valence-corrected chi connectivity index (χ4v) is 3.66. The van der Waals surface area contributed by atoms with Crippen molar-refractivity contribution in [2.45, 2.75) is 39.3 Å². The van der Waals surface area contributed by atoms with Gasteiger partial charge in [-0.15, -0.1) is 0 Å². The molecule has 1 aromatic heterocycles. The van der Waals surface area contributed by atoms with E-state index in [2.05, 4.69) is 71.1 Å². The predicted molar refractivity (Wildman–Crippen MR) is 112 cm³/mol. The fraction of sp³-hybridized carbons (Fsp3) is 0.522. The zero-order chi connectivity index (χ0) is 18.9. The Kier molecular flexibility index (Phi) is 7.66. The summed E-state index contributed by atoms with van der Waals surface area (Å²) in [4.78, 5) is 9.63. The van der Waals surface area contributed by atoms with Crippen molar-refractivity contribution in [3.8, 4) is 0 Å². The third-order valence-corrected chi connectivity index (χ3v) is 5.04. The molecule has 0 amide bonds. The minimum absolute atomic E-state index is 0.400. The van der Waals surface area contributed by atoms with Gasteiger partial charge in [0, 0.05) is 25.9 Å². The van der Waals surface area contributed by atoms with Gasteiger partial charge in [-0.1, -0.05) is 50.2 Å². The summed E-state index contributed by atoms with van der Waals surface area (Å²) in [5.41, 5.74) is 1.31. The maximum Gasteiger partial charge on any atom is 0.128 e. The largest absolute Gasteiger partial charge is 0.379 e. The molecule has 1 atom stereocenters. The molecule has 0 aliphatic carbocycles. The van der Waals surface area contributed by atoms with Crippen molar-refractivity contribution in [2.24, 2.45) is 5.92 Å². The summed E-state index contributed by atoms with van der Waals surface area (Å²) in [6, 6.07) is 17.2. The number of anilines is 1. The molecule has 3 rings (SSSR count). The summed E-state index contributed by atoms with van der Waals surface area (Å²) in [5.74, 6) is 1.61. The second-order valence-electron chi connectivity index (χ2n) is 7.88. The molecule has 2 heterocycles. The Labute approximate surface area is 164 Å². The van der Waals surface area contributed by atoms with Gasteiger partial charge in [-0.05, 0) is 49.5 Å². The van der Waals surface area contributed by atoms with Crippen molar-refractivity contribution < 1.29 is 4.74 Å². The number of hydrogen-bond donors (Lipinski definition) is 0. The van der Waals surface area contributed by atoms with E-state index in [1.165, 1.54) is 31.5 Å². The third-order valence-electron chi connectivity index (χ3n) is 5.04. The fourth-order valence-electron chi connectivity index (χ4n) is 3.66. The van der Waals surface area contributed by atoms with E-state index < -0.39 is 0 Å². The van der Waals surface area contributed by atoms with E-state index in [9.17, 15) is 0 Å². The van der Waals surface area contributed by atoms with Gasteiger partial charge in [0.15, 0.2) is 0 Å². The molecule has 1 aliphatic rings. The Morgan fingerprint density at radius 1 is 1.00 bits per heavy atom. The van der Waals surface area contributed by atoms with Gasteiger partial charge in [0.05, 0.1) is 12.6 Å². The maximum absolute atomic E-state index is 6.07. The lowest BCUT2D eigenvalue weighted by molar-refractivity contribution is 0.0567. The van der Waals surface area contributed by atoms with Gasteiger partial charge in [-0.25, -0.2) is 4.98 Å². The SMILES string of the molecule is CC(C)COCC(CN(Cc1ccccc1)c1ccccn1)N1CCCC1. The Bertz CT molecular complexity index is 641. The highest BCUT2D eigenvalue weighted by Crippen LogP contribution is 2.19. The zero-order valence-electron chi connectivity index (χ0n) is 16.8. The van der Waals surface area contributed by atoms with Gasteiger partial charge in [-0.3, -0.25) is 4.90 Å². The van der Waals surface area contributed by atoms with Crippen molar-refractivity contribution >= 4 is 5.82 Å². The molecule has 27 heavy (non-hydrogen) atoms. The molecule has 1 fully saturated rings. The molecule has 146 valence electrons. The van der Waals surface area contributed by atoms with Crippen LogP contribution in [0.4, 0.5) is 5.82 Å². The van der Waals surface area contributed by atoms with E-state index in [1.807, 2.05) is 12.3 Å². The van der Waals surface area contributed by atoms with E-state index in [-0.39, 0.29) is 0 Å². The van der Waals surface area contributed by atoms with Crippen LogP contribution >= 0.6 is 0 Å². The van der Waals surface area contributed by atoms with Crippen molar-refractivity contribution in [3.05, 3.63) is 60.3 Å². The van der Waals surface area contributed by atoms with E-state index in [4.69, 9.17) is 4.74 Å². The quantitative estimate of drug-likeness (QED) is 0.628. The number of pyridine rings is 1. The average molecular weight is 368 g/mol. The molecular formula is C23H33N3O. The monoisotopic (exact) mass is 367 g/mol. The van der Waals surface area contributed by atoms with E-state index >= 15 is 0 Å². The molecule has 1 aromatic carbocycles. The van der Waals surface area contributed by atoms with Crippen LogP contribution in [0.5, 0.6) is 0 Å². The molecule has 4 heteroatoms. The van der Waals surface area contributed by atoms with Crippen LogP contribution in [0.2, 0.25) is 0 Å². The van der Waals surface area contributed by atoms with Gasteiger partial charge in [-0.2, -0.15) is 0 Å². The minimum Gasteiger partial charge on any atom is -0.379 e. The highest BCUT2D eigenvalue weighted by Gasteiger charge is 2.25. The van der Waals surface area contributed by atoms with Crippen LogP contribution in [0.3, 0.4) is 0 Å². The molecule has 2 aromatic rings. The number of rotatable bonds is 10. The van der Waals surface area contributed by atoms with E-state index in [0.717, 1.165) is 32.1 Å². The second kappa shape index (κ2) is 10.4. The maximum atomic E-state index is 6.07. The van der Waals surface area contributed by atoms with Crippen LogP contribution in [-0.4, -0.2) is 48.8 Å². The summed E-state index contributed by atoms with van der Waals surface area (Å²) in [5, 5.41) is 0. The molecule has 1 aliphatic heterocycles. The van der Waals surface area contributed by atoms with Crippen molar-refractivity contribution in [3.63, 3.8) is 0 Å². The first-order valence-corrected chi connectivity index (χ1v) is 10.2. The Hall–Kier alpha value is -1.91. The third kappa shape index (κ3) is 6.33. The van der Waals surface area contributed by atoms with Gasteiger partial charge in [0.25, 0.3) is 0 Å². The summed E-state index contributed by atoms with van der Waals surface area (Å²) < 4.78 is 6.07. The summed E-state index contributed by atoms with van der Waals surface area (Å²) in [7, 11) is 0. The van der Waals surface area contributed by atoms with Crippen LogP contribution in [0.25, 0.3) is 0 Å². The van der Waals surface area contributed by atoms with Gasteiger partial charge in [0.1, 0.15) is 5.82 Å². The smallest absolute Gasteiger partial charge is 0.128 e. The summed E-state index contributed by atoms with van der Waals surface area (Å²) in [6.07, 6.45) is 4.47. The van der Waals surface area contributed by atoms with Crippen molar-refractivity contribution in [1.82, 2.24) is 9.88 Å². The molecule has 0 radical (unpaired) electrons. The van der Waals surface area contributed by atoms with Crippen molar-refractivity contribution in [2.75, 3.05) is 37.7 Å². The number of aromatic nitrogens is 1. The number of ether oxygens (including phenoxy) is 1. The molecule has 0 saturated carbocycles. The second-order valence-corrected chi connectivity index (χ2v) is 7.88. The van der Waals surface area contributed by atoms with E-state index in [1.54, 1.807) is 0 Å². The summed E-state index contributed by atoms with van der Waals surface area (Å²) >= 11 is 0. The van der Waals surface area contributed by atoms with E-state index in [0.29, 0.717) is 12.0 Å². The standard InChI is InChI=1S/C23H33N3O/c1-20(2)18-27-19-22(25-14-8-9-15-25)17-26(23-12-6-7-13-24-23)16-21-10-4-3-5-11-21/h3-7,10-13,20,22H,8-9,14-19H2,1-2H3. The highest BCUT2D eigenvalue weighted by atomic mass is 16.5. The van der Waals surface area contributed by atoms with Crippen LogP contribution in [0.15, 0.2) is 54.7 Å². The Balaban J connectivity index is 1.74. The van der Waals surface area contributed by atoms with Crippen LogP contribution in [-0.2, 0) is 11.3 Å². The topological polar surface area (TPSA) is 28.6 Å². The normalized spacial score (nSPS) is 16.0. The molecular weight excluding hydrogens is 334 g/mol. The number of likely N-dealkylation sites (tertiary alicyclic amines) is 1. The Morgan fingerprint density at radius 2 is 1.74 bits per heavy atom. The molecule has 0 spiro atoms. The number of nitrogens with zero attached hydrogens (tertiary/aromatic N) is 3. The first-order chi connectivity index (χ1) is 13.2. The van der Waals surface area contributed by atoms with Gasteiger partial charge in [0.2, 0.25) is 0 Å². The lowest BCUT2D eigenvalue weighted by Gasteiger charge is -2.34. The molecule has 1 unspecified atom stereocenters. The number of benzene rings is 1. The van der Waals surface area contributed by atoms with Gasteiger partial charge < -0.3 is 9.64 Å². The number of hydrogen-bond acceptors (Lipinski definition) is 4. The van der Waals surface area contributed by atoms with Crippen LogP contribution in [0.1, 0.15) is 32.3 Å². The molecule has 4 nitrogen and oxygen atoms in total. The van der Waals surface area contributed by atoms with Gasteiger partial charge >= 0.3 is 0 Å². The summed E-state index contributed by atoms with van der Waals surface area (Å²) in [6.45, 7) is 10.2. The first-order valence-electron chi connectivity index (χ1n) is 10.2. The average Bonchev–Trinajstić information content (AvgIpc) is 3.22. The predicted octanol–water partition coefficient (Wildman–Crippen LogP) is 4.23. The van der Waals surface area contributed by atoms with Crippen LogP contribution < -0.4 is 4.90 Å².